The molecule has 0 saturated heterocycles. The Bertz CT molecular complexity index is 574. The van der Waals surface area contributed by atoms with E-state index in [0.29, 0.717) is 6.54 Å². The fourth-order valence-electron chi connectivity index (χ4n) is 2.54. The summed E-state index contributed by atoms with van der Waals surface area (Å²) < 4.78 is 1.93. The third-order valence-corrected chi connectivity index (χ3v) is 3.65. The first kappa shape index (κ1) is 14.9. The van der Waals surface area contributed by atoms with Gasteiger partial charge in [0.15, 0.2) is 0 Å². The smallest absolute Gasteiger partial charge is 0.130 e. The molecule has 0 spiro atoms. The Labute approximate surface area is 125 Å². The highest BCUT2D eigenvalue weighted by atomic mass is 35.5. The fourth-order valence-corrected chi connectivity index (χ4v) is 2.67. The van der Waals surface area contributed by atoms with Gasteiger partial charge in [0.05, 0.1) is 5.69 Å². The first-order valence-corrected chi connectivity index (χ1v) is 7.09. The first-order valence-electron chi connectivity index (χ1n) is 6.71. The van der Waals surface area contributed by atoms with Gasteiger partial charge in [-0.25, -0.2) is 0 Å². The van der Waals surface area contributed by atoms with Gasteiger partial charge < -0.3 is 10.6 Å². The molecule has 0 aliphatic rings. The zero-order chi connectivity index (χ0) is 14.7. The van der Waals surface area contributed by atoms with Crippen molar-refractivity contribution >= 4 is 17.4 Å². The van der Waals surface area contributed by atoms with Crippen LogP contribution in [0.1, 0.15) is 16.8 Å². The average Bonchev–Trinajstić information content (AvgIpc) is 2.68. The molecule has 0 radical (unpaired) electrons. The van der Waals surface area contributed by atoms with E-state index in [0.717, 1.165) is 29.5 Å². The number of aryl methyl sites for hydroxylation is 2. The minimum absolute atomic E-state index is 0.633. The largest absolute Gasteiger partial charge is 0.355 e. The molecule has 0 unspecified atom stereocenters. The van der Waals surface area contributed by atoms with Crippen molar-refractivity contribution < 1.29 is 0 Å². The van der Waals surface area contributed by atoms with Gasteiger partial charge in [-0.05, 0) is 37.6 Å². The van der Waals surface area contributed by atoms with Crippen LogP contribution in [0.5, 0.6) is 0 Å². The summed E-state index contributed by atoms with van der Waals surface area (Å²) in [4.78, 5) is 2.20. The van der Waals surface area contributed by atoms with E-state index in [2.05, 4.69) is 17.0 Å². The van der Waals surface area contributed by atoms with Crippen LogP contribution in [0, 0.1) is 6.92 Å². The van der Waals surface area contributed by atoms with Crippen molar-refractivity contribution in [1.82, 2.24) is 9.78 Å². The van der Waals surface area contributed by atoms with E-state index in [4.69, 9.17) is 17.3 Å². The number of anilines is 1. The molecule has 0 aliphatic carbocycles. The molecule has 1 heterocycles. The summed E-state index contributed by atoms with van der Waals surface area (Å²) in [6.45, 7) is 3.48. The van der Waals surface area contributed by atoms with Crippen LogP contribution in [0.25, 0.3) is 0 Å². The lowest BCUT2D eigenvalue weighted by Gasteiger charge is -2.21. The molecule has 2 aromatic rings. The lowest BCUT2D eigenvalue weighted by molar-refractivity contribution is 0.725. The van der Waals surface area contributed by atoms with E-state index in [1.54, 1.807) is 0 Å². The highest BCUT2D eigenvalue weighted by molar-refractivity contribution is 6.30. The van der Waals surface area contributed by atoms with Gasteiger partial charge in [0.25, 0.3) is 0 Å². The van der Waals surface area contributed by atoms with Crippen molar-refractivity contribution in [2.75, 3.05) is 18.5 Å². The molecule has 0 atom stereocenters. The van der Waals surface area contributed by atoms with Gasteiger partial charge in [-0.3, -0.25) is 4.68 Å². The van der Waals surface area contributed by atoms with Gasteiger partial charge in [-0.1, -0.05) is 23.7 Å². The molecule has 108 valence electrons. The second-order valence-electron chi connectivity index (χ2n) is 5.03. The van der Waals surface area contributed by atoms with Crippen LogP contribution in [0.2, 0.25) is 5.02 Å². The van der Waals surface area contributed by atoms with Crippen molar-refractivity contribution in [2.45, 2.75) is 19.9 Å². The van der Waals surface area contributed by atoms with Crippen molar-refractivity contribution in [3.8, 4) is 0 Å². The molecule has 1 aromatic carbocycles. The Balaban J connectivity index is 2.24. The average molecular weight is 293 g/mol. The highest BCUT2D eigenvalue weighted by Crippen LogP contribution is 2.24. The lowest BCUT2D eigenvalue weighted by atomic mass is 10.1. The lowest BCUT2D eigenvalue weighted by Crippen LogP contribution is -2.21. The number of aromatic nitrogens is 2. The monoisotopic (exact) mass is 292 g/mol. The fraction of sp³-hybridized carbons (Fsp3) is 0.400. The molecular formula is C15H21ClN4. The molecule has 0 aliphatic heterocycles. The van der Waals surface area contributed by atoms with E-state index in [1.807, 2.05) is 42.9 Å². The third kappa shape index (κ3) is 3.14. The summed E-state index contributed by atoms with van der Waals surface area (Å²) in [5.41, 5.74) is 9.20. The van der Waals surface area contributed by atoms with Gasteiger partial charge in [-0.15, -0.1) is 0 Å². The maximum absolute atomic E-state index is 5.92. The minimum Gasteiger partial charge on any atom is -0.355 e. The number of hydrogen-bond donors (Lipinski definition) is 1. The maximum Gasteiger partial charge on any atom is 0.130 e. The van der Waals surface area contributed by atoms with Crippen molar-refractivity contribution in [3.63, 3.8) is 0 Å². The van der Waals surface area contributed by atoms with E-state index < -0.39 is 0 Å². The molecule has 5 heteroatoms. The van der Waals surface area contributed by atoms with Crippen molar-refractivity contribution in [3.05, 3.63) is 46.1 Å². The van der Waals surface area contributed by atoms with Gasteiger partial charge in [0.1, 0.15) is 5.82 Å². The zero-order valence-corrected chi connectivity index (χ0v) is 13.0. The summed E-state index contributed by atoms with van der Waals surface area (Å²) in [7, 11) is 4.05. The molecular weight excluding hydrogens is 272 g/mol. The molecule has 0 bridgehead atoms. The second-order valence-corrected chi connectivity index (χ2v) is 5.47. The Morgan fingerprint density at radius 2 is 1.95 bits per heavy atom. The molecule has 0 fully saturated rings. The quantitative estimate of drug-likeness (QED) is 0.921. The van der Waals surface area contributed by atoms with Crippen LogP contribution in [0.4, 0.5) is 5.82 Å². The second kappa shape index (κ2) is 6.29. The Morgan fingerprint density at radius 1 is 1.30 bits per heavy atom. The summed E-state index contributed by atoms with van der Waals surface area (Å²) in [6.07, 6.45) is 0.847. The highest BCUT2D eigenvalue weighted by Gasteiger charge is 2.16. The summed E-state index contributed by atoms with van der Waals surface area (Å²) in [6, 6.07) is 7.93. The van der Waals surface area contributed by atoms with Crippen LogP contribution in [-0.4, -0.2) is 23.4 Å². The summed E-state index contributed by atoms with van der Waals surface area (Å²) >= 11 is 5.92. The Hall–Kier alpha value is -1.52. The maximum atomic E-state index is 5.92. The Morgan fingerprint density at radius 3 is 2.55 bits per heavy atom. The van der Waals surface area contributed by atoms with Gasteiger partial charge in [-0.2, -0.15) is 5.10 Å². The zero-order valence-electron chi connectivity index (χ0n) is 12.2. The SMILES string of the molecule is Cc1nn(C)c(N(C)Cc2ccc(Cl)cc2)c1CCN. The predicted octanol–water partition coefficient (Wildman–Crippen LogP) is 2.52. The molecule has 0 saturated carbocycles. The number of benzene rings is 1. The number of nitrogens with two attached hydrogens (primary N) is 1. The van der Waals surface area contributed by atoms with Crippen molar-refractivity contribution in [2.24, 2.45) is 12.8 Å². The van der Waals surface area contributed by atoms with Crippen LogP contribution in [0.15, 0.2) is 24.3 Å². The van der Waals surface area contributed by atoms with E-state index in [-0.39, 0.29) is 0 Å². The molecule has 20 heavy (non-hydrogen) atoms. The Kier molecular flexibility index (Phi) is 4.68. The van der Waals surface area contributed by atoms with E-state index in [9.17, 15) is 0 Å². The molecule has 0 amide bonds. The summed E-state index contributed by atoms with van der Waals surface area (Å²) in [5.74, 6) is 1.13. The number of hydrogen-bond acceptors (Lipinski definition) is 3. The number of nitrogens with zero attached hydrogens (tertiary/aromatic N) is 3. The van der Waals surface area contributed by atoms with Gasteiger partial charge in [0, 0.05) is 31.2 Å². The van der Waals surface area contributed by atoms with Gasteiger partial charge in [0.2, 0.25) is 0 Å². The van der Waals surface area contributed by atoms with E-state index in [1.165, 1.54) is 11.1 Å². The standard InChI is InChI=1S/C15H21ClN4/c1-11-14(8-9-17)15(20(3)18-11)19(2)10-12-4-6-13(16)7-5-12/h4-7H,8-10,17H2,1-3H3. The molecule has 2 N–H and O–H groups in total. The molecule has 4 nitrogen and oxygen atoms in total. The van der Waals surface area contributed by atoms with Crippen LogP contribution >= 0.6 is 11.6 Å². The first-order chi connectivity index (χ1) is 9.52. The van der Waals surface area contributed by atoms with Crippen LogP contribution in [0.3, 0.4) is 0 Å². The molecule has 2 rings (SSSR count). The van der Waals surface area contributed by atoms with E-state index >= 15 is 0 Å². The summed E-state index contributed by atoms with van der Waals surface area (Å²) in [5, 5.41) is 5.27. The predicted molar refractivity (Wildman–Crippen MR) is 84.3 cm³/mol. The normalized spacial score (nSPS) is 10.8. The van der Waals surface area contributed by atoms with Crippen molar-refractivity contribution in [1.29, 1.82) is 0 Å². The topological polar surface area (TPSA) is 47.1 Å². The minimum atomic E-state index is 0.633. The number of halogens is 1. The van der Waals surface area contributed by atoms with Crippen LogP contribution < -0.4 is 10.6 Å². The van der Waals surface area contributed by atoms with Gasteiger partial charge >= 0.3 is 0 Å². The molecule has 1 aromatic heterocycles. The van der Waals surface area contributed by atoms with Crippen LogP contribution in [-0.2, 0) is 20.0 Å². The third-order valence-electron chi connectivity index (χ3n) is 3.40. The number of rotatable bonds is 5.